The average molecular weight is 168 g/mol. The molecule has 0 bridgehead atoms. The average Bonchev–Trinajstić information content (AvgIpc) is 2.04. The van der Waals surface area contributed by atoms with Crippen molar-refractivity contribution in [2.45, 2.75) is 0 Å². The highest BCUT2D eigenvalue weighted by molar-refractivity contribution is 5.64. The van der Waals surface area contributed by atoms with E-state index in [4.69, 9.17) is 5.73 Å². The lowest BCUT2D eigenvalue weighted by molar-refractivity contribution is 0.575. The summed E-state index contributed by atoms with van der Waals surface area (Å²) in [6.07, 6.45) is 0.781. The Kier molecular flexibility index (Phi) is 2.09. The van der Waals surface area contributed by atoms with Gasteiger partial charge in [-0.15, -0.1) is 4.91 Å². The molecule has 0 aromatic carbocycles. The van der Waals surface area contributed by atoms with E-state index in [2.05, 4.69) is 21.7 Å². The number of nitrogens with zero attached hydrogens (tertiary/aromatic N) is 3. The van der Waals surface area contributed by atoms with E-state index in [1.165, 1.54) is 0 Å². The van der Waals surface area contributed by atoms with Gasteiger partial charge in [-0.25, -0.2) is 9.97 Å². The number of hydrogen-bond donors (Lipinski definition) is 1. The van der Waals surface area contributed by atoms with Crippen LogP contribution in [0.25, 0.3) is 5.70 Å². The summed E-state index contributed by atoms with van der Waals surface area (Å²) in [5.41, 5.74) is 5.03. The van der Waals surface area contributed by atoms with Crippen molar-refractivity contribution in [3.8, 4) is 0 Å². The molecule has 0 aliphatic carbocycles. The summed E-state index contributed by atoms with van der Waals surface area (Å²) in [6, 6.07) is 0. The van der Waals surface area contributed by atoms with Crippen molar-refractivity contribution in [1.29, 1.82) is 0 Å². The fourth-order valence-electron chi connectivity index (χ4n) is 0.643. The number of halogens is 1. The molecule has 1 heterocycles. The van der Waals surface area contributed by atoms with Crippen molar-refractivity contribution in [3.63, 3.8) is 0 Å². The van der Waals surface area contributed by atoms with Gasteiger partial charge in [0.25, 0.3) is 0 Å². The van der Waals surface area contributed by atoms with Gasteiger partial charge in [0.1, 0.15) is 5.69 Å². The normalized spacial score (nSPS) is 9.42. The first-order valence-corrected chi connectivity index (χ1v) is 2.96. The number of nitroso groups, excluding NO2 is 1. The molecule has 1 rings (SSSR count). The second-order valence-electron chi connectivity index (χ2n) is 1.98. The minimum Gasteiger partial charge on any atom is -0.397 e. The van der Waals surface area contributed by atoms with Crippen LogP contribution < -0.4 is 5.73 Å². The van der Waals surface area contributed by atoms with Gasteiger partial charge in [-0.3, -0.25) is 0 Å². The molecule has 5 nitrogen and oxygen atoms in total. The van der Waals surface area contributed by atoms with E-state index in [-0.39, 0.29) is 17.2 Å². The van der Waals surface area contributed by atoms with E-state index >= 15 is 0 Å². The molecule has 1 aromatic heterocycles. The Morgan fingerprint density at radius 2 is 2.42 bits per heavy atom. The summed E-state index contributed by atoms with van der Waals surface area (Å²) >= 11 is 0. The second kappa shape index (κ2) is 3.04. The van der Waals surface area contributed by atoms with Crippen LogP contribution >= 0.6 is 0 Å². The first kappa shape index (κ1) is 8.25. The minimum absolute atomic E-state index is 0.0448. The quantitative estimate of drug-likeness (QED) is 0.666. The van der Waals surface area contributed by atoms with Crippen LogP contribution in [-0.2, 0) is 0 Å². The Labute approximate surface area is 67.1 Å². The summed E-state index contributed by atoms with van der Waals surface area (Å²) in [4.78, 5) is 16.7. The van der Waals surface area contributed by atoms with Crippen molar-refractivity contribution in [3.05, 3.63) is 29.3 Å². The minimum atomic E-state index is -0.830. The third-order valence-electron chi connectivity index (χ3n) is 1.11. The van der Waals surface area contributed by atoms with E-state index < -0.39 is 5.95 Å². The van der Waals surface area contributed by atoms with Gasteiger partial charge in [0.05, 0.1) is 11.9 Å². The van der Waals surface area contributed by atoms with Gasteiger partial charge >= 0.3 is 0 Å². The first-order valence-electron chi connectivity index (χ1n) is 2.96. The van der Waals surface area contributed by atoms with Gasteiger partial charge in [0.15, 0.2) is 0 Å². The zero-order valence-electron chi connectivity index (χ0n) is 5.99. The number of hydrogen-bond acceptors (Lipinski definition) is 5. The fraction of sp³-hybridized carbons (Fsp3) is 0. The fourth-order valence-corrected chi connectivity index (χ4v) is 0.643. The molecule has 0 amide bonds. The molecule has 0 unspecified atom stereocenters. The highest BCUT2D eigenvalue weighted by atomic mass is 19.1. The van der Waals surface area contributed by atoms with Gasteiger partial charge in [0.2, 0.25) is 11.8 Å². The van der Waals surface area contributed by atoms with Crippen LogP contribution in [0, 0.1) is 10.9 Å². The van der Waals surface area contributed by atoms with Gasteiger partial charge in [-0.1, -0.05) is 6.58 Å². The zero-order chi connectivity index (χ0) is 9.14. The standard InChI is InChI=1S/C6H5FN4O/c1-3(8)5-6(11-12)9-2-4(7)10-5/h2H,1,8H2. The molecule has 12 heavy (non-hydrogen) atoms. The Bertz CT molecular complexity index is 338. The lowest BCUT2D eigenvalue weighted by atomic mass is 10.3. The Morgan fingerprint density at radius 1 is 1.75 bits per heavy atom. The molecule has 0 spiro atoms. The Balaban J connectivity index is 3.30. The van der Waals surface area contributed by atoms with E-state index in [1.807, 2.05) is 0 Å². The van der Waals surface area contributed by atoms with E-state index in [9.17, 15) is 9.30 Å². The highest BCUT2D eigenvalue weighted by Gasteiger charge is 2.08. The third-order valence-corrected chi connectivity index (χ3v) is 1.11. The van der Waals surface area contributed by atoms with Crippen molar-refractivity contribution < 1.29 is 4.39 Å². The largest absolute Gasteiger partial charge is 0.397 e. The SMILES string of the molecule is C=C(N)c1nc(F)cnc1N=O. The molecule has 6 heteroatoms. The van der Waals surface area contributed by atoms with Gasteiger partial charge < -0.3 is 5.73 Å². The van der Waals surface area contributed by atoms with Crippen molar-refractivity contribution in [2.24, 2.45) is 10.9 Å². The van der Waals surface area contributed by atoms with Crippen molar-refractivity contribution in [1.82, 2.24) is 9.97 Å². The molecular formula is C6H5FN4O. The summed E-state index contributed by atoms with van der Waals surface area (Å²) < 4.78 is 12.4. The molecule has 62 valence electrons. The summed E-state index contributed by atoms with van der Waals surface area (Å²) in [6.45, 7) is 3.28. The maximum Gasteiger partial charge on any atom is 0.232 e. The van der Waals surface area contributed by atoms with Crippen LogP contribution in [0.3, 0.4) is 0 Å². The van der Waals surface area contributed by atoms with E-state index in [0.29, 0.717) is 0 Å². The first-order chi connectivity index (χ1) is 5.65. The van der Waals surface area contributed by atoms with E-state index in [0.717, 1.165) is 6.20 Å². The smallest absolute Gasteiger partial charge is 0.232 e. The third kappa shape index (κ3) is 1.42. The Hall–Kier alpha value is -1.85. The second-order valence-corrected chi connectivity index (χ2v) is 1.98. The Morgan fingerprint density at radius 3 is 2.92 bits per heavy atom. The van der Waals surface area contributed by atoms with Gasteiger partial charge in [0, 0.05) is 0 Å². The van der Waals surface area contributed by atoms with Crippen molar-refractivity contribution >= 4 is 11.5 Å². The molecule has 0 atom stereocenters. The summed E-state index contributed by atoms with van der Waals surface area (Å²) in [5, 5.41) is 2.50. The molecule has 0 radical (unpaired) electrons. The van der Waals surface area contributed by atoms with Crippen molar-refractivity contribution in [2.75, 3.05) is 0 Å². The molecule has 0 saturated carbocycles. The van der Waals surface area contributed by atoms with Crippen LogP contribution in [0.1, 0.15) is 5.69 Å². The predicted octanol–water partition coefficient (Wildman–Crippen LogP) is 0.943. The number of aromatic nitrogens is 2. The lowest BCUT2D eigenvalue weighted by Crippen LogP contribution is -2.00. The van der Waals surface area contributed by atoms with Crippen LogP contribution in [0.15, 0.2) is 18.0 Å². The topological polar surface area (TPSA) is 81.2 Å². The van der Waals surface area contributed by atoms with Crippen LogP contribution in [-0.4, -0.2) is 9.97 Å². The highest BCUT2D eigenvalue weighted by Crippen LogP contribution is 2.16. The van der Waals surface area contributed by atoms with E-state index in [1.54, 1.807) is 0 Å². The summed E-state index contributed by atoms with van der Waals surface area (Å²) in [7, 11) is 0. The molecule has 0 aliphatic heterocycles. The number of rotatable bonds is 2. The van der Waals surface area contributed by atoms with Gasteiger partial charge in [-0.2, -0.15) is 4.39 Å². The number of nitrogens with two attached hydrogens (primary N) is 1. The maximum atomic E-state index is 12.4. The predicted molar refractivity (Wildman–Crippen MR) is 40.7 cm³/mol. The lowest BCUT2D eigenvalue weighted by Gasteiger charge is -1.98. The van der Waals surface area contributed by atoms with Crippen LogP contribution in [0.4, 0.5) is 10.2 Å². The molecule has 0 aliphatic rings. The van der Waals surface area contributed by atoms with Gasteiger partial charge in [-0.05, 0) is 5.18 Å². The molecule has 0 saturated heterocycles. The summed E-state index contributed by atoms with van der Waals surface area (Å²) in [5.74, 6) is -1.09. The molecular weight excluding hydrogens is 163 g/mol. The molecule has 2 N–H and O–H groups in total. The van der Waals surface area contributed by atoms with Crippen LogP contribution in [0.5, 0.6) is 0 Å². The zero-order valence-corrected chi connectivity index (χ0v) is 5.99. The molecule has 1 aromatic rings. The molecule has 0 fully saturated rings. The van der Waals surface area contributed by atoms with Crippen LogP contribution in [0.2, 0.25) is 0 Å². The maximum absolute atomic E-state index is 12.4. The monoisotopic (exact) mass is 168 g/mol.